The molecule has 38 heavy (non-hydrogen) atoms. The van der Waals surface area contributed by atoms with Crippen LogP contribution >= 0.6 is 69.6 Å². The van der Waals surface area contributed by atoms with Crippen molar-refractivity contribution in [1.29, 1.82) is 0 Å². The zero-order valence-corrected chi connectivity index (χ0v) is 24.7. The average molecular weight is 641 g/mol. The molecule has 4 rings (SSSR count). The molecule has 1 aliphatic rings. The molecule has 0 amide bonds. The molecule has 1 saturated heterocycles. The first-order chi connectivity index (χ1) is 18.2. The Balaban J connectivity index is 1.49. The van der Waals surface area contributed by atoms with Gasteiger partial charge in [-0.3, -0.25) is 0 Å². The lowest BCUT2D eigenvalue weighted by Gasteiger charge is -2.25. The second-order valence-electron chi connectivity index (χ2n) is 8.55. The van der Waals surface area contributed by atoms with Crippen molar-refractivity contribution in [2.45, 2.75) is 44.4 Å². The Labute approximate surface area is 251 Å². The molecule has 0 spiro atoms. The summed E-state index contributed by atoms with van der Waals surface area (Å²) in [6.45, 7) is 0.843. The van der Waals surface area contributed by atoms with Crippen LogP contribution in [0.1, 0.15) is 16.7 Å². The Hall–Kier alpha value is -0.800. The van der Waals surface area contributed by atoms with Crippen LogP contribution in [0.5, 0.6) is 0 Å². The van der Waals surface area contributed by atoms with Gasteiger partial charge in [0.2, 0.25) is 0 Å². The van der Waals surface area contributed by atoms with Gasteiger partial charge in [-0.1, -0.05) is 87.8 Å². The van der Waals surface area contributed by atoms with E-state index in [4.69, 9.17) is 93.3 Å². The summed E-state index contributed by atoms with van der Waals surface area (Å²) in [7, 11) is 1.54. The summed E-state index contributed by atoms with van der Waals surface area (Å²) in [6.07, 6.45) is -2.37. The summed E-state index contributed by atoms with van der Waals surface area (Å²) in [5, 5.41) is 3.14. The van der Waals surface area contributed by atoms with Crippen LogP contribution in [0.4, 0.5) is 0 Å². The van der Waals surface area contributed by atoms with Crippen LogP contribution in [-0.4, -0.2) is 38.3 Å². The van der Waals surface area contributed by atoms with Crippen molar-refractivity contribution in [3.05, 3.63) is 101 Å². The van der Waals surface area contributed by atoms with Crippen molar-refractivity contribution in [1.82, 2.24) is 0 Å². The molecule has 0 saturated carbocycles. The summed E-state index contributed by atoms with van der Waals surface area (Å²) < 4.78 is 30.2. The van der Waals surface area contributed by atoms with Gasteiger partial charge in [0, 0.05) is 37.2 Å². The van der Waals surface area contributed by atoms with E-state index in [1.165, 1.54) is 0 Å². The molecule has 0 unspecified atom stereocenters. The van der Waals surface area contributed by atoms with Gasteiger partial charge >= 0.3 is 0 Å². The van der Waals surface area contributed by atoms with Gasteiger partial charge in [-0.15, -0.1) is 0 Å². The topological polar surface area (TPSA) is 46.2 Å². The van der Waals surface area contributed by atoms with Crippen molar-refractivity contribution < 1.29 is 23.7 Å². The fraction of sp³-hybridized carbons (Fsp3) is 0.333. The summed E-state index contributed by atoms with van der Waals surface area (Å²) in [6, 6.07) is 15.7. The molecule has 3 aromatic rings. The molecular formula is C27H24Cl6O5. The van der Waals surface area contributed by atoms with Crippen molar-refractivity contribution >= 4 is 69.6 Å². The first-order valence-electron chi connectivity index (χ1n) is 11.6. The molecule has 4 atom stereocenters. The Kier molecular flexibility index (Phi) is 11.3. The van der Waals surface area contributed by atoms with E-state index in [1.54, 1.807) is 43.5 Å². The molecule has 3 aromatic carbocycles. The fourth-order valence-electron chi connectivity index (χ4n) is 3.97. The molecular weight excluding hydrogens is 617 g/mol. The lowest BCUT2D eigenvalue weighted by molar-refractivity contribution is -0.170. The second-order valence-corrected chi connectivity index (χ2v) is 11.1. The summed E-state index contributed by atoms with van der Waals surface area (Å²) in [5.41, 5.74) is 2.33. The molecule has 11 heteroatoms. The number of methoxy groups -OCH3 is 1. The monoisotopic (exact) mass is 638 g/mol. The van der Waals surface area contributed by atoms with Crippen molar-refractivity contribution in [2.75, 3.05) is 13.7 Å². The maximum atomic E-state index is 6.37. The van der Waals surface area contributed by atoms with E-state index in [9.17, 15) is 0 Å². The zero-order valence-electron chi connectivity index (χ0n) is 20.1. The van der Waals surface area contributed by atoms with Crippen LogP contribution in [0.2, 0.25) is 30.1 Å². The number of hydrogen-bond acceptors (Lipinski definition) is 5. The van der Waals surface area contributed by atoms with E-state index in [2.05, 4.69) is 0 Å². The van der Waals surface area contributed by atoms with Gasteiger partial charge in [-0.25, -0.2) is 0 Å². The van der Waals surface area contributed by atoms with E-state index >= 15 is 0 Å². The molecule has 1 heterocycles. The Morgan fingerprint density at radius 1 is 0.632 bits per heavy atom. The zero-order chi connectivity index (χ0) is 27.2. The largest absolute Gasteiger partial charge is 0.374 e. The lowest BCUT2D eigenvalue weighted by atomic mass is 10.1. The Morgan fingerprint density at radius 3 is 1.53 bits per heavy atom. The van der Waals surface area contributed by atoms with Crippen LogP contribution < -0.4 is 0 Å². The lowest BCUT2D eigenvalue weighted by Crippen LogP contribution is -2.39. The Morgan fingerprint density at radius 2 is 1.08 bits per heavy atom. The number of ether oxygens (including phenoxy) is 5. The fourth-order valence-corrected chi connectivity index (χ4v) is 5.36. The van der Waals surface area contributed by atoms with Gasteiger partial charge in [-0.05, 0) is 53.1 Å². The van der Waals surface area contributed by atoms with Crippen LogP contribution in [0.15, 0.2) is 54.6 Å². The van der Waals surface area contributed by atoms with Crippen molar-refractivity contribution in [2.24, 2.45) is 0 Å². The van der Waals surface area contributed by atoms with E-state index < -0.39 is 24.6 Å². The molecule has 0 radical (unpaired) electrons. The molecule has 204 valence electrons. The van der Waals surface area contributed by atoms with Gasteiger partial charge in [0.05, 0.1) is 26.4 Å². The first-order valence-corrected chi connectivity index (χ1v) is 13.8. The van der Waals surface area contributed by atoms with Crippen LogP contribution in [0.3, 0.4) is 0 Å². The average Bonchev–Trinajstić information content (AvgIpc) is 3.20. The van der Waals surface area contributed by atoms with E-state index in [-0.39, 0.29) is 26.4 Å². The van der Waals surface area contributed by atoms with Crippen LogP contribution in [0.25, 0.3) is 0 Å². The van der Waals surface area contributed by atoms with Gasteiger partial charge in [0.25, 0.3) is 0 Å². The number of benzene rings is 3. The van der Waals surface area contributed by atoms with E-state index in [0.717, 1.165) is 16.7 Å². The number of rotatable bonds is 11. The molecule has 5 nitrogen and oxygen atoms in total. The van der Waals surface area contributed by atoms with Crippen molar-refractivity contribution in [3.63, 3.8) is 0 Å². The summed E-state index contributed by atoms with van der Waals surface area (Å²) >= 11 is 37.1. The minimum atomic E-state index is -0.709. The predicted molar refractivity (Wildman–Crippen MR) is 152 cm³/mol. The van der Waals surface area contributed by atoms with Crippen LogP contribution in [0, 0.1) is 0 Å². The third-order valence-electron chi connectivity index (χ3n) is 5.95. The second kappa shape index (κ2) is 14.2. The number of halogens is 6. The quantitative estimate of drug-likeness (QED) is 0.210. The van der Waals surface area contributed by atoms with Gasteiger partial charge in [0.1, 0.15) is 18.3 Å². The normalized spacial score (nSPS) is 21.2. The molecule has 0 bridgehead atoms. The van der Waals surface area contributed by atoms with Crippen LogP contribution in [-0.2, 0) is 43.5 Å². The summed E-state index contributed by atoms with van der Waals surface area (Å²) in [4.78, 5) is 0. The van der Waals surface area contributed by atoms with Gasteiger partial charge in [0.15, 0.2) is 6.29 Å². The van der Waals surface area contributed by atoms with E-state index in [0.29, 0.717) is 30.1 Å². The maximum Gasteiger partial charge on any atom is 0.186 e. The summed E-state index contributed by atoms with van der Waals surface area (Å²) in [5.74, 6) is 0. The minimum Gasteiger partial charge on any atom is -0.374 e. The standard InChI is InChI=1S/C27H24Cl6O5/c1-34-27-26(37-13-17-4-7-20(30)10-23(17)33)25(36-12-16-3-6-19(29)9-22(16)32)24(38-27)14-35-11-15-2-5-18(28)8-21(15)31/h2-10,24-27H,11-14H2,1H3/t24-,25-,26-,27+/m1/s1. The molecule has 0 aliphatic carbocycles. The highest BCUT2D eigenvalue weighted by atomic mass is 35.5. The third-order valence-corrected chi connectivity index (χ3v) is 7.71. The van der Waals surface area contributed by atoms with Gasteiger partial charge < -0.3 is 23.7 Å². The molecule has 0 N–H and O–H groups in total. The molecule has 0 aromatic heterocycles. The predicted octanol–water partition coefficient (Wildman–Crippen LogP) is 8.67. The highest BCUT2D eigenvalue weighted by Crippen LogP contribution is 2.32. The van der Waals surface area contributed by atoms with Gasteiger partial charge in [-0.2, -0.15) is 0 Å². The van der Waals surface area contributed by atoms with E-state index in [1.807, 2.05) is 18.2 Å². The maximum absolute atomic E-state index is 6.37. The minimum absolute atomic E-state index is 0.194. The smallest absolute Gasteiger partial charge is 0.186 e. The molecule has 1 fully saturated rings. The highest BCUT2D eigenvalue weighted by molar-refractivity contribution is 6.36. The SMILES string of the molecule is CO[C@H]1O[C@H](COCc2ccc(Cl)cc2Cl)[C@@H](OCc2ccc(Cl)cc2Cl)[C@H]1OCc1ccc(Cl)cc1Cl. The highest BCUT2D eigenvalue weighted by Gasteiger charge is 2.47. The first kappa shape index (κ1) is 30.2. The number of hydrogen-bond donors (Lipinski definition) is 0. The van der Waals surface area contributed by atoms with Crippen molar-refractivity contribution in [3.8, 4) is 0 Å². The Bertz CT molecular complexity index is 1240. The third kappa shape index (κ3) is 7.90. The molecule has 1 aliphatic heterocycles.